The highest BCUT2D eigenvalue weighted by molar-refractivity contribution is 6.30. The van der Waals surface area contributed by atoms with E-state index in [0.717, 1.165) is 17.0 Å². The van der Waals surface area contributed by atoms with E-state index in [2.05, 4.69) is 6.08 Å². The SMILES string of the molecule is NC1(c2cccc(Cl)c2)C=CC1. The Labute approximate surface area is 76.8 Å². The molecule has 0 fully saturated rings. The fraction of sp³-hybridized carbons (Fsp3) is 0.200. The molecule has 0 amide bonds. The molecule has 2 heteroatoms. The molecule has 0 radical (unpaired) electrons. The number of benzene rings is 1. The first-order valence-corrected chi connectivity index (χ1v) is 4.31. The molecule has 62 valence electrons. The molecule has 0 aliphatic heterocycles. The molecule has 0 aromatic heterocycles. The molecular formula is C10H10ClN. The summed E-state index contributed by atoms with van der Waals surface area (Å²) >= 11 is 5.85. The Morgan fingerprint density at radius 1 is 1.42 bits per heavy atom. The van der Waals surface area contributed by atoms with Gasteiger partial charge < -0.3 is 5.73 Å². The van der Waals surface area contributed by atoms with Gasteiger partial charge in [-0.05, 0) is 24.1 Å². The van der Waals surface area contributed by atoms with Crippen LogP contribution in [0.15, 0.2) is 36.4 Å². The Morgan fingerprint density at radius 2 is 2.17 bits per heavy atom. The number of rotatable bonds is 1. The maximum atomic E-state index is 6.05. The Kier molecular flexibility index (Phi) is 1.71. The summed E-state index contributed by atoms with van der Waals surface area (Å²) in [6.07, 6.45) is 4.99. The molecule has 2 N–H and O–H groups in total. The van der Waals surface area contributed by atoms with Gasteiger partial charge in [-0.3, -0.25) is 0 Å². The first-order valence-electron chi connectivity index (χ1n) is 3.93. The second-order valence-electron chi connectivity index (χ2n) is 3.16. The van der Waals surface area contributed by atoms with Crippen molar-refractivity contribution in [2.24, 2.45) is 5.73 Å². The standard InChI is InChI=1S/C10H10ClN/c11-9-4-1-3-8(7-9)10(12)5-2-6-10/h1-5,7H,6,12H2. The quantitative estimate of drug-likeness (QED) is 0.659. The third-order valence-corrected chi connectivity index (χ3v) is 2.47. The lowest BCUT2D eigenvalue weighted by Gasteiger charge is -2.31. The zero-order chi connectivity index (χ0) is 8.60. The van der Waals surface area contributed by atoms with Gasteiger partial charge in [-0.25, -0.2) is 0 Å². The van der Waals surface area contributed by atoms with Crippen LogP contribution in [0.2, 0.25) is 5.02 Å². The minimum absolute atomic E-state index is 0.259. The van der Waals surface area contributed by atoms with Gasteiger partial charge in [-0.15, -0.1) is 0 Å². The van der Waals surface area contributed by atoms with E-state index in [-0.39, 0.29) is 5.54 Å². The molecule has 0 heterocycles. The van der Waals surface area contributed by atoms with E-state index in [4.69, 9.17) is 17.3 Å². The minimum Gasteiger partial charge on any atom is -0.318 e. The fourth-order valence-corrected chi connectivity index (χ4v) is 1.55. The normalized spacial score (nSPS) is 26.8. The molecule has 1 atom stereocenters. The third kappa shape index (κ3) is 1.15. The van der Waals surface area contributed by atoms with Crippen molar-refractivity contribution in [2.45, 2.75) is 12.0 Å². The largest absolute Gasteiger partial charge is 0.318 e. The van der Waals surface area contributed by atoms with Crippen LogP contribution in [0, 0.1) is 0 Å². The van der Waals surface area contributed by atoms with Crippen molar-refractivity contribution < 1.29 is 0 Å². The van der Waals surface area contributed by atoms with E-state index >= 15 is 0 Å². The van der Waals surface area contributed by atoms with Crippen molar-refractivity contribution in [3.05, 3.63) is 47.0 Å². The van der Waals surface area contributed by atoms with Gasteiger partial charge in [0.1, 0.15) is 0 Å². The van der Waals surface area contributed by atoms with Crippen LogP contribution < -0.4 is 5.73 Å². The lowest BCUT2D eigenvalue weighted by molar-refractivity contribution is 0.522. The fourth-order valence-electron chi connectivity index (χ4n) is 1.36. The van der Waals surface area contributed by atoms with Crippen LogP contribution in [-0.2, 0) is 5.54 Å². The average Bonchev–Trinajstić information content (AvgIpc) is 2.00. The van der Waals surface area contributed by atoms with Crippen molar-refractivity contribution in [3.8, 4) is 0 Å². The van der Waals surface area contributed by atoms with Crippen LogP contribution in [0.4, 0.5) is 0 Å². The van der Waals surface area contributed by atoms with Crippen LogP contribution in [-0.4, -0.2) is 0 Å². The first kappa shape index (κ1) is 7.84. The molecule has 1 nitrogen and oxygen atoms in total. The molecule has 2 rings (SSSR count). The van der Waals surface area contributed by atoms with Crippen molar-refractivity contribution in [1.82, 2.24) is 0 Å². The van der Waals surface area contributed by atoms with Crippen molar-refractivity contribution in [2.75, 3.05) is 0 Å². The molecule has 0 saturated carbocycles. The molecule has 0 spiro atoms. The van der Waals surface area contributed by atoms with Crippen molar-refractivity contribution in [3.63, 3.8) is 0 Å². The number of halogens is 1. The number of hydrogen-bond acceptors (Lipinski definition) is 1. The second kappa shape index (κ2) is 2.61. The molecule has 1 aromatic carbocycles. The Morgan fingerprint density at radius 3 is 2.67 bits per heavy atom. The second-order valence-corrected chi connectivity index (χ2v) is 3.59. The maximum absolute atomic E-state index is 6.05. The zero-order valence-corrected chi connectivity index (χ0v) is 7.38. The topological polar surface area (TPSA) is 26.0 Å². The summed E-state index contributed by atoms with van der Waals surface area (Å²) in [5.74, 6) is 0. The van der Waals surface area contributed by atoms with Gasteiger partial charge in [-0.1, -0.05) is 35.9 Å². The zero-order valence-electron chi connectivity index (χ0n) is 6.63. The predicted molar refractivity (Wildman–Crippen MR) is 51.1 cm³/mol. The van der Waals surface area contributed by atoms with Gasteiger partial charge in [-0.2, -0.15) is 0 Å². The number of hydrogen-bond donors (Lipinski definition) is 1. The molecular weight excluding hydrogens is 170 g/mol. The molecule has 0 bridgehead atoms. The van der Waals surface area contributed by atoms with Crippen molar-refractivity contribution >= 4 is 11.6 Å². The van der Waals surface area contributed by atoms with Gasteiger partial charge in [0.05, 0.1) is 5.54 Å². The van der Waals surface area contributed by atoms with Gasteiger partial charge in [0.25, 0.3) is 0 Å². The summed E-state index contributed by atoms with van der Waals surface area (Å²) in [6, 6.07) is 7.72. The van der Waals surface area contributed by atoms with Gasteiger partial charge >= 0.3 is 0 Å². The lowest BCUT2D eigenvalue weighted by Crippen LogP contribution is -2.38. The van der Waals surface area contributed by atoms with Crippen molar-refractivity contribution in [1.29, 1.82) is 0 Å². The highest BCUT2D eigenvalue weighted by Crippen LogP contribution is 2.32. The molecule has 0 saturated heterocycles. The molecule has 1 aliphatic rings. The Balaban J connectivity index is 2.40. The van der Waals surface area contributed by atoms with Crippen LogP contribution >= 0.6 is 11.6 Å². The maximum Gasteiger partial charge on any atom is 0.0630 e. The summed E-state index contributed by atoms with van der Waals surface area (Å²) in [4.78, 5) is 0. The summed E-state index contributed by atoms with van der Waals surface area (Å²) < 4.78 is 0. The Hall–Kier alpha value is -0.790. The lowest BCUT2D eigenvalue weighted by atomic mass is 9.80. The van der Waals surface area contributed by atoms with Crippen LogP contribution in [0.3, 0.4) is 0 Å². The summed E-state index contributed by atoms with van der Waals surface area (Å²) in [5.41, 5.74) is 6.88. The molecule has 1 unspecified atom stereocenters. The van der Waals surface area contributed by atoms with Gasteiger partial charge in [0, 0.05) is 5.02 Å². The van der Waals surface area contributed by atoms with E-state index in [1.54, 1.807) is 0 Å². The van der Waals surface area contributed by atoms with Crippen LogP contribution in [0.1, 0.15) is 12.0 Å². The van der Waals surface area contributed by atoms with Crippen LogP contribution in [0.25, 0.3) is 0 Å². The van der Waals surface area contributed by atoms with E-state index in [0.29, 0.717) is 0 Å². The van der Waals surface area contributed by atoms with E-state index in [1.165, 1.54) is 0 Å². The third-order valence-electron chi connectivity index (χ3n) is 2.23. The molecule has 12 heavy (non-hydrogen) atoms. The highest BCUT2D eigenvalue weighted by Gasteiger charge is 2.28. The minimum atomic E-state index is -0.259. The predicted octanol–water partition coefficient (Wildman–Crippen LogP) is 2.45. The Bertz CT molecular complexity index is 332. The number of nitrogens with two attached hydrogens (primary N) is 1. The summed E-state index contributed by atoms with van der Waals surface area (Å²) in [7, 11) is 0. The van der Waals surface area contributed by atoms with E-state index in [1.807, 2.05) is 30.3 Å². The van der Waals surface area contributed by atoms with Crippen LogP contribution in [0.5, 0.6) is 0 Å². The average molecular weight is 180 g/mol. The smallest absolute Gasteiger partial charge is 0.0630 e. The summed E-state index contributed by atoms with van der Waals surface area (Å²) in [6.45, 7) is 0. The van der Waals surface area contributed by atoms with Gasteiger partial charge in [0.15, 0.2) is 0 Å². The first-order chi connectivity index (χ1) is 5.71. The summed E-state index contributed by atoms with van der Waals surface area (Å²) in [5, 5.41) is 0.748. The highest BCUT2D eigenvalue weighted by atomic mass is 35.5. The molecule has 1 aromatic rings. The van der Waals surface area contributed by atoms with E-state index < -0.39 is 0 Å². The van der Waals surface area contributed by atoms with E-state index in [9.17, 15) is 0 Å². The monoisotopic (exact) mass is 179 g/mol. The van der Waals surface area contributed by atoms with Gasteiger partial charge in [0.2, 0.25) is 0 Å². The molecule has 1 aliphatic carbocycles.